The molecule has 1 heterocycles. The summed E-state index contributed by atoms with van der Waals surface area (Å²) in [5.41, 5.74) is 0.171. The van der Waals surface area contributed by atoms with Crippen molar-refractivity contribution in [1.29, 1.82) is 0 Å². The molecule has 0 saturated heterocycles. The van der Waals surface area contributed by atoms with Crippen LogP contribution in [0.15, 0.2) is 57.0 Å². The number of hydrogen-bond acceptors (Lipinski definition) is 9. The average Bonchev–Trinajstić information content (AvgIpc) is 2.91. The highest BCUT2D eigenvalue weighted by molar-refractivity contribution is 6.30. The fraction of sp³-hybridized carbons (Fsp3) is 0.385. The largest absolute Gasteiger partial charge is 0.491 e. The zero-order chi connectivity index (χ0) is 28.7. The van der Waals surface area contributed by atoms with Crippen LogP contribution < -0.4 is 27.6 Å². The molecule has 3 rings (SSSR count). The number of carbonyl (C=O) groups excluding carboxylic acids is 1. The number of esters is 1. The van der Waals surface area contributed by atoms with Crippen molar-refractivity contribution in [3.63, 3.8) is 0 Å². The number of rotatable bonds is 11. The molecule has 0 aliphatic rings. The maximum atomic E-state index is 13.7. The number of ether oxygens (including phenoxy) is 4. The second-order valence-corrected chi connectivity index (χ2v) is 9.31. The number of halogens is 1. The number of hydrogen-bond donors (Lipinski definition) is 1. The van der Waals surface area contributed by atoms with E-state index in [-0.39, 0.29) is 25.1 Å². The van der Waals surface area contributed by atoms with Gasteiger partial charge < -0.3 is 24.8 Å². The summed E-state index contributed by atoms with van der Waals surface area (Å²) in [6, 6.07) is 12.0. The first kappa shape index (κ1) is 29.7. The van der Waals surface area contributed by atoms with Crippen molar-refractivity contribution in [3.8, 4) is 5.75 Å². The van der Waals surface area contributed by atoms with Gasteiger partial charge in [0.15, 0.2) is 6.10 Å². The van der Waals surface area contributed by atoms with Gasteiger partial charge in [-0.25, -0.2) is 23.9 Å². The summed E-state index contributed by atoms with van der Waals surface area (Å²) in [5, 5.41) is 0.519. The van der Waals surface area contributed by atoms with Crippen molar-refractivity contribution in [1.82, 2.24) is 13.8 Å². The maximum absolute atomic E-state index is 13.7. The molecule has 2 N–H and O–H groups in total. The van der Waals surface area contributed by atoms with Gasteiger partial charge in [0.25, 0.3) is 0 Å². The van der Waals surface area contributed by atoms with Crippen LogP contribution in [0.25, 0.3) is 0 Å². The summed E-state index contributed by atoms with van der Waals surface area (Å²) in [6.45, 7) is 4.97. The summed E-state index contributed by atoms with van der Waals surface area (Å²) >= 11 is 6.02. The minimum atomic E-state index is -1.30. The van der Waals surface area contributed by atoms with Crippen molar-refractivity contribution in [2.24, 2.45) is 4.99 Å². The lowest BCUT2D eigenvalue weighted by atomic mass is 10.2. The molecule has 210 valence electrons. The lowest BCUT2D eigenvalue weighted by Crippen LogP contribution is -2.58. The predicted molar refractivity (Wildman–Crippen MR) is 145 cm³/mol. The van der Waals surface area contributed by atoms with Crippen LogP contribution in [0.4, 0.5) is 5.69 Å². The Morgan fingerprint density at radius 2 is 1.74 bits per heavy atom. The number of nitrogen functional groups attached to an aromatic ring is 1. The van der Waals surface area contributed by atoms with E-state index >= 15 is 0 Å². The summed E-state index contributed by atoms with van der Waals surface area (Å²) < 4.78 is 23.5. The number of nitrogens with zero attached hydrogens (tertiary/aromatic N) is 4. The van der Waals surface area contributed by atoms with Gasteiger partial charge in [0.1, 0.15) is 12.5 Å². The molecule has 0 bridgehead atoms. The molecule has 39 heavy (non-hydrogen) atoms. The maximum Gasteiger partial charge on any atom is 0.353 e. The van der Waals surface area contributed by atoms with Crippen LogP contribution in [0.3, 0.4) is 0 Å². The fourth-order valence-electron chi connectivity index (χ4n) is 3.69. The van der Waals surface area contributed by atoms with Gasteiger partial charge >= 0.3 is 17.3 Å². The molecular formula is C26H32ClN5O7. The van der Waals surface area contributed by atoms with Gasteiger partial charge in [-0.15, -0.1) is 0 Å². The molecule has 3 aromatic rings. The van der Waals surface area contributed by atoms with Gasteiger partial charge in [-0.05, 0) is 62.2 Å². The van der Waals surface area contributed by atoms with Crippen LogP contribution in [0.2, 0.25) is 5.02 Å². The molecule has 0 aliphatic carbocycles. The third-order valence-electron chi connectivity index (χ3n) is 5.56. The molecule has 2 aromatic carbocycles. The van der Waals surface area contributed by atoms with E-state index in [0.717, 1.165) is 21.9 Å². The van der Waals surface area contributed by atoms with Crippen LogP contribution in [0, 0.1) is 6.92 Å². The summed E-state index contributed by atoms with van der Waals surface area (Å²) in [4.78, 5) is 43.8. The van der Waals surface area contributed by atoms with E-state index in [1.54, 1.807) is 42.5 Å². The molecule has 0 saturated carbocycles. The Bertz CT molecular complexity index is 1490. The Kier molecular flexibility index (Phi) is 10.1. The lowest BCUT2D eigenvalue weighted by molar-refractivity contribution is -0.163. The SMILES string of the molecule is COCO[C@@H](Cn1c(=O)n(N)/c(=N\c2ccc(OC(C)C)c(C)c2)n(Cc2ccc(Cl)cc2)c1=O)C(=O)OC. The van der Waals surface area contributed by atoms with Crippen molar-refractivity contribution in [2.45, 2.75) is 46.1 Å². The number of nitrogens with two attached hydrogens (primary N) is 1. The zero-order valence-corrected chi connectivity index (χ0v) is 23.2. The lowest BCUT2D eigenvalue weighted by Gasteiger charge is -2.18. The number of carbonyl (C=O) groups is 1. The summed E-state index contributed by atoms with van der Waals surface area (Å²) in [5.74, 6) is 6.09. The van der Waals surface area contributed by atoms with E-state index in [4.69, 9.17) is 36.4 Å². The van der Waals surface area contributed by atoms with Gasteiger partial charge in [0, 0.05) is 12.1 Å². The highest BCUT2D eigenvalue weighted by Crippen LogP contribution is 2.24. The molecule has 0 aliphatic heterocycles. The Balaban J connectivity index is 2.21. The van der Waals surface area contributed by atoms with E-state index < -0.39 is 30.0 Å². The average molecular weight is 562 g/mol. The van der Waals surface area contributed by atoms with Gasteiger partial charge in [-0.2, -0.15) is 4.68 Å². The number of benzene rings is 2. The first-order chi connectivity index (χ1) is 18.5. The number of methoxy groups -OCH3 is 2. The fourth-order valence-corrected chi connectivity index (χ4v) is 3.81. The minimum absolute atomic E-state index is 0.00165. The zero-order valence-electron chi connectivity index (χ0n) is 22.4. The topological polar surface area (TPSA) is 141 Å². The molecule has 13 heteroatoms. The Morgan fingerprint density at radius 1 is 1.05 bits per heavy atom. The van der Waals surface area contributed by atoms with Crippen LogP contribution in [0.5, 0.6) is 5.75 Å². The smallest absolute Gasteiger partial charge is 0.353 e. The highest BCUT2D eigenvalue weighted by Gasteiger charge is 2.24. The molecule has 1 atom stereocenters. The van der Waals surface area contributed by atoms with Crippen molar-refractivity contribution < 1.29 is 23.7 Å². The van der Waals surface area contributed by atoms with Gasteiger partial charge in [0.2, 0.25) is 5.62 Å². The second-order valence-electron chi connectivity index (χ2n) is 8.87. The second kappa shape index (κ2) is 13.3. The molecule has 0 amide bonds. The standard InChI is InChI=1S/C26H32ClN5O7/c1-16(2)39-21-11-10-20(12-17(21)3)29-24-30(13-18-6-8-19(27)9-7-18)25(34)31(26(35)32(24)28)14-22(23(33)37-5)38-15-36-4/h6-12,16,22H,13-15,28H2,1-5H3/b29-24-/t22-/m0/s1. The molecule has 0 radical (unpaired) electrons. The summed E-state index contributed by atoms with van der Waals surface area (Å²) in [7, 11) is 2.53. The Hall–Kier alpha value is -3.87. The molecular weight excluding hydrogens is 530 g/mol. The highest BCUT2D eigenvalue weighted by atomic mass is 35.5. The third kappa shape index (κ3) is 7.37. The van der Waals surface area contributed by atoms with Crippen LogP contribution in [0.1, 0.15) is 25.0 Å². The Labute approximate surface area is 229 Å². The van der Waals surface area contributed by atoms with E-state index in [2.05, 4.69) is 4.99 Å². The number of aryl methyl sites for hydroxylation is 1. The van der Waals surface area contributed by atoms with Crippen LogP contribution >= 0.6 is 11.6 Å². The molecule has 12 nitrogen and oxygen atoms in total. The molecule has 0 unspecified atom stereocenters. The van der Waals surface area contributed by atoms with Gasteiger partial charge in [0.05, 0.1) is 32.0 Å². The van der Waals surface area contributed by atoms with E-state index in [1.165, 1.54) is 11.7 Å². The third-order valence-corrected chi connectivity index (χ3v) is 5.81. The van der Waals surface area contributed by atoms with Gasteiger partial charge in [-0.3, -0.25) is 4.57 Å². The molecule has 0 fully saturated rings. The first-order valence-electron chi connectivity index (χ1n) is 12.0. The first-order valence-corrected chi connectivity index (χ1v) is 12.4. The van der Waals surface area contributed by atoms with Crippen molar-refractivity contribution >= 4 is 23.3 Å². The van der Waals surface area contributed by atoms with E-state index in [0.29, 0.717) is 22.0 Å². The Morgan fingerprint density at radius 3 is 2.33 bits per heavy atom. The minimum Gasteiger partial charge on any atom is -0.491 e. The molecule has 0 spiro atoms. The monoisotopic (exact) mass is 561 g/mol. The van der Waals surface area contributed by atoms with Crippen LogP contribution in [-0.2, 0) is 32.1 Å². The van der Waals surface area contributed by atoms with E-state index in [9.17, 15) is 14.4 Å². The van der Waals surface area contributed by atoms with Gasteiger partial charge in [-0.1, -0.05) is 23.7 Å². The van der Waals surface area contributed by atoms with E-state index in [1.807, 2.05) is 20.8 Å². The quantitative estimate of drug-likeness (QED) is 0.212. The predicted octanol–water partition coefficient (Wildman–Crippen LogP) is 1.72. The van der Waals surface area contributed by atoms with Crippen molar-refractivity contribution in [3.05, 3.63) is 85.2 Å². The normalized spacial score (nSPS) is 12.5. The summed E-state index contributed by atoms with van der Waals surface area (Å²) in [6.07, 6.45) is -1.32. The van der Waals surface area contributed by atoms with Crippen LogP contribution in [-0.4, -0.2) is 53.0 Å². The van der Waals surface area contributed by atoms with Crippen molar-refractivity contribution in [2.75, 3.05) is 26.9 Å². The molecule has 1 aromatic heterocycles. The number of aromatic nitrogens is 3.